The van der Waals surface area contributed by atoms with Gasteiger partial charge in [0.05, 0.1) is 14.2 Å². The first-order chi connectivity index (χ1) is 7.03. The molecule has 4 heteroatoms. The van der Waals surface area contributed by atoms with Crippen LogP contribution in [0.15, 0.2) is 0 Å². The lowest BCUT2D eigenvalue weighted by Gasteiger charge is -2.39. The molecule has 5 atom stereocenters. The highest BCUT2D eigenvalue weighted by molar-refractivity contribution is 5.75. The number of methoxy groups -OCH3 is 1. The van der Waals surface area contributed by atoms with Crippen LogP contribution in [0.4, 0.5) is 0 Å². The Morgan fingerprint density at radius 1 is 1.60 bits per heavy atom. The largest absolute Gasteiger partial charge is 0.469 e. The number of rotatable bonds is 1. The molecule has 84 valence electrons. The van der Waals surface area contributed by atoms with Crippen molar-refractivity contribution < 1.29 is 19.0 Å². The van der Waals surface area contributed by atoms with E-state index in [0.29, 0.717) is 10.7 Å². The van der Waals surface area contributed by atoms with Crippen LogP contribution < -0.4 is 0 Å². The Morgan fingerprint density at radius 3 is 3.00 bits per heavy atom. The summed E-state index contributed by atoms with van der Waals surface area (Å²) in [5, 5.41) is 0. The number of carbonyl (C=O) groups excluding carboxylic acids is 1. The summed E-state index contributed by atoms with van der Waals surface area (Å²) in [4.78, 5) is 17.8. The fourth-order valence-electron chi connectivity index (χ4n) is 4.02. The van der Waals surface area contributed by atoms with Gasteiger partial charge in [-0.25, -0.2) is 0 Å². The van der Waals surface area contributed by atoms with Crippen LogP contribution in [0.3, 0.4) is 0 Å². The number of fused-ring (bicyclic) bond motifs is 1. The van der Waals surface area contributed by atoms with E-state index in [-0.39, 0.29) is 23.5 Å². The zero-order chi connectivity index (χ0) is 10.8. The molecule has 0 amide bonds. The van der Waals surface area contributed by atoms with E-state index in [1.807, 2.05) is 0 Å². The molecule has 3 fully saturated rings. The lowest BCUT2D eigenvalue weighted by molar-refractivity contribution is -1.11. The molecule has 3 saturated heterocycles. The highest BCUT2D eigenvalue weighted by atomic mass is 16.7. The minimum atomic E-state index is -0.0929. The van der Waals surface area contributed by atoms with Crippen LogP contribution in [-0.4, -0.2) is 42.5 Å². The van der Waals surface area contributed by atoms with Crippen molar-refractivity contribution in [2.24, 2.45) is 5.92 Å². The van der Waals surface area contributed by atoms with Gasteiger partial charge >= 0.3 is 5.97 Å². The first-order valence-electron chi connectivity index (χ1n) is 5.65. The second-order valence-corrected chi connectivity index (χ2v) is 5.42. The monoisotopic (exact) mass is 212 g/mol. The van der Waals surface area contributed by atoms with Gasteiger partial charge in [-0.1, -0.05) is 0 Å². The quantitative estimate of drug-likeness (QED) is 0.478. The standard InChI is InChI=1S/C11H18NO3/c1-11-5-4-7-6-8(15-12(7,11)2)9(11)10(13)14-3/h7-9H,4-6H2,1-3H3/q+1/t7-,8+,9?,11?,12-/m1/s1. The van der Waals surface area contributed by atoms with Crippen molar-refractivity contribution in [3.05, 3.63) is 0 Å². The number of piperidine rings is 1. The topological polar surface area (TPSA) is 35.5 Å². The lowest BCUT2D eigenvalue weighted by Crippen LogP contribution is -2.59. The Bertz CT molecular complexity index is 332. The minimum absolute atomic E-state index is 0.0549. The number of hydrogen-bond acceptors (Lipinski definition) is 3. The summed E-state index contributed by atoms with van der Waals surface area (Å²) < 4.78 is 5.55. The van der Waals surface area contributed by atoms with Crippen LogP contribution in [0.25, 0.3) is 0 Å². The number of quaternary nitrogens is 1. The molecule has 0 aromatic carbocycles. The number of nitrogens with zero attached hydrogens (tertiary/aromatic N) is 1. The van der Waals surface area contributed by atoms with Gasteiger partial charge in [0.15, 0.2) is 0 Å². The number of carbonyl (C=O) groups is 1. The van der Waals surface area contributed by atoms with Gasteiger partial charge in [0.1, 0.15) is 23.6 Å². The third kappa shape index (κ3) is 0.843. The summed E-state index contributed by atoms with van der Waals surface area (Å²) in [6.45, 7) is 2.17. The second kappa shape index (κ2) is 2.55. The van der Waals surface area contributed by atoms with Crippen molar-refractivity contribution in [2.45, 2.75) is 43.9 Å². The molecular formula is C11H18NO3+. The molecule has 2 unspecified atom stereocenters. The van der Waals surface area contributed by atoms with Crippen LogP contribution in [-0.2, 0) is 14.4 Å². The molecule has 3 heterocycles. The fourth-order valence-corrected chi connectivity index (χ4v) is 4.02. The summed E-state index contributed by atoms with van der Waals surface area (Å²) in [5.41, 5.74) is -0.0549. The Kier molecular flexibility index (Phi) is 1.63. The molecule has 4 nitrogen and oxygen atoms in total. The van der Waals surface area contributed by atoms with Crippen LogP contribution in [0, 0.1) is 5.92 Å². The Labute approximate surface area is 89.7 Å². The van der Waals surface area contributed by atoms with Gasteiger partial charge in [-0.2, -0.15) is 9.48 Å². The molecule has 0 aliphatic carbocycles. The van der Waals surface area contributed by atoms with Crippen molar-refractivity contribution in [3.63, 3.8) is 0 Å². The molecule has 15 heavy (non-hydrogen) atoms. The average Bonchev–Trinajstić information content (AvgIpc) is 2.65. The first kappa shape index (κ1) is 9.60. The Morgan fingerprint density at radius 2 is 2.33 bits per heavy atom. The summed E-state index contributed by atoms with van der Waals surface area (Å²) >= 11 is 0. The molecule has 3 aliphatic rings. The second-order valence-electron chi connectivity index (χ2n) is 5.42. The maximum atomic E-state index is 11.8. The third-order valence-electron chi connectivity index (χ3n) is 5.05. The maximum absolute atomic E-state index is 11.8. The van der Waals surface area contributed by atoms with Crippen LogP contribution >= 0.6 is 0 Å². The van der Waals surface area contributed by atoms with E-state index in [1.165, 1.54) is 13.5 Å². The predicted molar refractivity (Wildman–Crippen MR) is 52.6 cm³/mol. The smallest absolute Gasteiger partial charge is 0.318 e. The molecule has 0 aromatic heterocycles. The Hall–Kier alpha value is -0.610. The summed E-state index contributed by atoms with van der Waals surface area (Å²) in [6.07, 6.45) is 3.35. The predicted octanol–water partition coefficient (Wildman–Crippen LogP) is 0.861. The van der Waals surface area contributed by atoms with Gasteiger partial charge in [0, 0.05) is 19.3 Å². The van der Waals surface area contributed by atoms with Gasteiger partial charge in [-0.05, 0) is 6.92 Å². The minimum Gasteiger partial charge on any atom is -0.469 e. The number of hydrogen-bond donors (Lipinski definition) is 0. The van der Waals surface area contributed by atoms with E-state index in [2.05, 4.69) is 14.0 Å². The molecule has 0 aromatic rings. The van der Waals surface area contributed by atoms with Crippen molar-refractivity contribution in [2.75, 3.05) is 14.2 Å². The number of hydroxylamine groups is 3. The SMILES string of the molecule is COC(=O)C1[C@@H]2C[C@H]3CCC1(C)[N@+]3(C)O2. The zero-order valence-electron chi connectivity index (χ0n) is 9.53. The van der Waals surface area contributed by atoms with Crippen LogP contribution in [0.5, 0.6) is 0 Å². The number of ether oxygens (including phenoxy) is 1. The van der Waals surface area contributed by atoms with Crippen molar-refractivity contribution in [1.29, 1.82) is 0 Å². The fraction of sp³-hybridized carbons (Fsp3) is 0.909. The Balaban J connectivity index is 2.04. The summed E-state index contributed by atoms with van der Waals surface area (Å²) in [7, 11) is 3.60. The molecule has 0 N–H and O–H groups in total. The van der Waals surface area contributed by atoms with Gasteiger partial charge in [0.2, 0.25) is 0 Å². The van der Waals surface area contributed by atoms with Crippen molar-refractivity contribution in [3.8, 4) is 0 Å². The van der Waals surface area contributed by atoms with Crippen molar-refractivity contribution in [1.82, 2.24) is 0 Å². The average molecular weight is 212 g/mol. The summed E-state index contributed by atoms with van der Waals surface area (Å²) in [6, 6.07) is 0.598. The van der Waals surface area contributed by atoms with E-state index >= 15 is 0 Å². The molecule has 2 bridgehead atoms. The third-order valence-corrected chi connectivity index (χ3v) is 5.05. The normalized spacial score (nSPS) is 56.1. The van der Waals surface area contributed by atoms with E-state index in [9.17, 15) is 4.79 Å². The molecule has 0 saturated carbocycles. The van der Waals surface area contributed by atoms with E-state index in [4.69, 9.17) is 9.57 Å². The summed E-state index contributed by atoms with van der Waals surface area (Å²) in [5.74, 6) is -0.157. The lowest BCUT2D eigenvalue weighted by atomic mass is 9.79. The van der Waals surface area contributed by atoms with Gasteiger partial charge in [0.25, 0.3) is 0 Å². The van der Waals surface area contributed by atoms with E-state index in [0.717, 1.165) is 12.8 Å². The van der Waals surface area contributed by atoms with Gasteiger partial charge in [-0.3, -0.25) is 4.79 Å². The maximum Gasteiger partial charge on any atom is 0.318 e. The van der Waals surface area contributed by atoms with Crippen molar-refractivity contribution >= 4 is 5.97 Å². The first-order valence-corrected chi connectivity index (χ1v) is 5.65. The zero-order valence-corrected chi connectivity index (χ0v) is 9.53. The van der Waals surface area contributed by atoms with Crippen LogP contribution in [0.2, 0.25) is 0 Å². The molecule has 0 spiro atoms. The van der Waals surface area contributed by atoms with Gasteiger partial charge in [-0.15, -0.1) is 0 Å². The molecule has 0 radical (unpaired) electrons. The highest BCUT2D eigenvalue weighted by Crippen LogP contribution is 2.59. The van der Waals surface area contributed by atoms with Crippen LogP contribution in [0.1, 0.15) is 26.2 Å². The number of esters is 1. The molecular weight excluding hydrogens is 194 g/mol. The van der Waals surface area contributed by atoms with E-state index < -0.39 is 0 Å². The molecule has 3 aliphatic heterocycles. The highest BCUT2D eigenvalue weighted by Gasteiger charge is 2.76. The van der Waals surface area contributed by atoms with Gasteiger partial charge < -0.3 is 4.74 Å². The molecule has 3 rings (SSSR count). The van der Waals surface area contributed by atoms with E-state index in [1.54, 1.807) is 0 Å².